The van der Waals surface area contributed by atoms with Crippen molar-refractivity contribution >= 4 is 0 Å². The SMILES string of the molecule is Cc1[nH]cc2[n+]1CCNC2. The Kier molecular flexibility index (Phi) is 1.24. The van der Waals surface area contributed by atoms with Gasteiger partial charge in [-0.2, -0.15) is 0 Å². The third-order valence-corrected chi connectivity index (χ3v) is 2.02. The Hall–Kier alpha value is -0.830. The molecule has 2 heterocycles. The number of fused-ring (bicyclic) bond motifs is 1. The number of nitrogens with zero attached hydrogens (tertiary/aromatic N) is 1. The minimum absolute atomic E-state index is 1.00. The number of hydrogen-bond acceptors (Lipinski definition) is 1. The van der Waals surface area contributed by atoms with Crippen LogP contribution in [0.2, 0.25) is 0 Å². The molecular formula is C7H12N3+. The molecule has 0 saturated carbocycles. The summed E-state index contributed by atoms with van der Waals surface area (Å²) in [6.45, 7) is 5.31. The van der Waals surface area contributed by atoms with Gasteiger partial charge in [0.25, 0.3) is 5.82 Å². The summed E-state index contributed by atoms with van der Waals surface area (Å²) in [6, 6.07) is 0. The summed E-state index contributed by atoms with van der Waals surface area (Å²) in [7, 11) is 0. The fourth-order valence-corrected chi connectivity index (χ4v) is 1.42. The first kappa shape index (κ1) is 5.92. The van der Waals surface area contributed by atoms with Crippen molar-refractivity contribution in [1.82, 2.24) is 10.3 Å². The Morgan fingerprint density at radius 3 is 3.30 bits per heavy atom. The molecule has 3 nitrogen and oxygen atoms in total. The van der Waals surface area contributed by atoms with E-state index in [1.807, 2.05) is 0 Å². The van der Waals surface area contributed by atoms with Crippen LogP contribution in [0.4, 0.5) is 0 Å². The van der Waals surface area contributed by atoms with Crippen molar-refractivity contribution in [3.63, 3.8) is 0 Å². The van der Waals surface area contributed by atoms with Crippen molar-refractivity contribution in [2.45, 2.75) is 20.0 Å². The summed E-state index contributed by atoms with van der Waals surface area (Å²) in [5.74, 6) is 1.26. The van der Waals surface area contributed by atoms with E-state index in [1.54, 1.807) is 0 Å². The van der Waals surface area contributed by atoms with Gasteiger partial charge >= 0.3 is 0 Å². The molecule has 0 amide bonds. The maximum Gasteiger partial charge on any atom is 0.251 e. The molecule has 0 aliphatic carbocycles. The zero-order chi connectivity index (χ0) is 6.97. The smallest absolute Gasteiger partial charge is 0.251 e. The van der Waals surface area contributed by atoms with Crippen molar-refractivity contribution in [1.29, 1.82) is 0 Å². The monoisotopic (exact) mass is 138 g/mol. The number of aromatic amines is 1. The zero-order valence-electron chi connectivity index (χ0n) is 6.15. The molecule has 2 rings (SSSR count). The molecule has 2 N–H and O–H groups in total. The Morgan fingerprint density at radius 2 is 2.50 bits per heavy atom. The first-order valence-corrected chi connectivity index (χ1v) is 3.65. The lowest BCUT2D eigenvalue weighted by atomic mass is 10.3. The van der Waals surface area contributed by atoms with Crippen LogP contribution < -0.4 is 9.88 Å². The molecule has 0 atom stereocenters. The second kappa shape index (κ2) is 2.09. The lowest BCUT2D eigenvalue weighted by Crippen LogP contribution is -2.48. The highest BCUT2D eigenvalue weighted by Crippen LogP contribution is 1.95. The van der Waals surface area contributed by atoms with E-state index in [4.69, 9.17) is 0 Å². The van der Waals surface area contributed by atoms with Crippen LogP contribution in [-0.2, 0) is 13.1 Å². The maximum atomic E-state index is 3.31. The summed E-state index contributed by atoms with van der Waals surface area (Å²) in [4.78, 5) is 3.20. The molecule has 0 fully saturated rings. The molecule has 54 valence electrons. The standard InChI is InChI=1S/C7H11N3/c1-6-9-5-7-4-8-2-3-10(6)7/h5,8H,2-4H2,1H3/p+1. The van der Waals surface area contributed by atoms with Gasteiger partial charge in [-0.25, -0.2) is 9.55 Å². The fraction of sp³-hybridized carbons (Fsp3) is 0.571. The molecule has 3 heteroatoms. The summed E-state index contributed by atoms with van der Waals surface area (Å²) in [6.07, 6.45) is 2.07. The Morgan fingerprint density at radius 1 is 1.60 bits per heavy atom. The number of aryl methyl sites for hydroxylation is 1. The van der Waals surface area contributed by atoms with Crippen molar-refractivity contribution < 1.29 is 4.57 Å². The fourth-order valence-electron chi connectivity index (χ4n) is 1.42. The number of aromatic nitrogens is 2. The third-order valence-electron chi connectivity index (χ3n) is 2.02. The molecule has 1 aliphatic rings. The average Bonchev–Trinajstić information content (AvgIpc) is 2.34. The second-order valence-electron chi connectivity index (χ2n) is 2.69. The van der Waals surface area contributed by atoms with Crippen LogP contribution in [0.3, 0.4) is 0 Å². The van der Waals surface area contributed by atoms with Crippen LogP contribution in [0.5, 0.6) is 0 Å². The molecule has 0 spiro atoms. The van der Waals surface area contributed by atoms with E-state index in [2.05, 4.69) is 28.0 Å². The Balaban J connectivity index is 2.45. The highest BCUT2D eigenvalue weighted by Gasteiger charge is 2.16. The van der Waals surface area contributed by atoms with E-state index >= 15 is 0 Å². The molecule has 1 aromatic heterocycles. The normalized spacial score (nSPS) is 16.9. The predicted molar refractivity (Wildman–Crippen MR) is 37.4 cm³/mol. The van der Waals surface area contributed by atoms with E-state index in [-0.39, 0.29) is 0 Å². The molecule has 0 radical (unpaired) electrons. The van der Waals surface area contributed by atoms with Crippen LogP contribution in [-0.4, -0.2) is 11.5 Å². The topological polar surface area (TPSA) is 31.7 Å². The van der Waals surface area contributed by atoms with Gasteiger partial charge in [-0.1, -0.05) is 0 Å². The Bertz CT molecular complexity index is 239. The van der Waals surface area contributed by atoms with Crippen molar-refractivity contribution in [3.8, 4) is 0 Å². The second-order valence-corrected chi connectivity index (χ2v) is 2.69. The molecule has 0 aromatic carbocycles. The van der Waals surface area contributed by atoms with Crippen molar-refractivity contribution in [2.24, 2.45) is 0 Å². The number of imidazole rings is 1. The van der Waals surface area contributed by atoms with Gasteiger partial charge in [0.15, 0.2) is 5.69 Å². The largest absolute Gasteiger partial charge is 0.305 e. The minimum atomic E-state index is 1.00. The van der Waals surface area contributed by atoms with E-state index < -0.39 is 0 Å². The van der Waals surface area contributed by atoms with Crippen LogP contribution >= 0.6 is 0 Å². The van der Waals surface area contributed by atoms with Gasteiger partial charge in [0.2, 0.25) is 0 Å². The first-order valence-electron chi connectivity index (χ1n) is 3.65. The minimum Gasteiger partial charge on any atom is -0.305 e. The highest BCUT2D eigenvalue weighted by atomic mass is 15.1. The third kappa shape index (κ3) is 0.743. The van der Waals surface area contributed by atoms with Gasteiger partial charge in [-0.3, -0.25) is 0 Å². The van der Waals surface area contributed by atoms with E-state index in [0.717, 1.165) is 19.6 Å². The van der Waals surface area contributed by atoms with Crippen molar-refractivity contribution in [3.05, 3.63) is 17.7 Å². The lowest BCUT2D eigenvalue weighted by molar-refractivity contribution is -0.711. The summed E-state index contributed by atoms with van der Waals surface area (Å²) >= 11 is 0. The van der Waals surface area contributed by atoms with Crippen molar-refractivity contribution in [2.75, 3.05) is 6.54 Å². The first-order chi connectivity index (χ1) is 4.88. The van der Waals surface area contributed by atoms with Gasteiger partial charge in [0.05, 0.1) is 6.54 Å². The van der Waals surface area contributed by atoms with Gasteiger partial charge < -0.3 is 5.32 Å². The van der Waals surface area contributed by atoms with E-state index in [1.165, 1.54) is 11.5 Å². The van der Waals surface area contributed by atoms with Gasteiger partial charge in [-0.15, -0.1) is 0 Å². The molecule has 1 aromatic rings. The molecule has 0 unspecified atom stereocenters. The number of H-pyrrole nitrogens is 1. The predicted octanol–water partition coefficient (Wildman–Crippen LogP) is -0.286. The number of hydrogen-bond donors (Lipinski definition) is 2. The molecule has 0 saturated heterocycles. The lowest BCUT2D eigenvalue weighted by Gasteiger charge is -2.09. The zero-order valence-corrected chi connectivity index (χ0v) is 6.15. The number of nitrogens with one attached hydrogen (secondary N) is 2. The maximum absolute atomic E-state index is 3.31. The van der Waals surface area contributed by atoms with Gasteiger partial charge in [-0.05, 0) is 0 Å². The van der Waals surface area contributed by atoms with E-state index in [0.29, 0.717) is 0 Å². The van der Waals surface area contributed by atoms with Gasteiger partial charge in [0.1, 0.15) is 12.7 Å². The van der Waals surface area contributed by atoms with Crippen LogP contribution in [0, 0.1) is 6.92 Å². The van der Waals surface area contributed by atoms with Crippen LogP contribution in [0.1, 0.15) is 11.5 Å². The summed E-state index contributed by atoms with van der Waals surface area (Å²) in [5.41, 5.74) is 1.36. The quantitative estimate of drug-likeness (QED) is 0.474. The summed E-state index contributed by atoms with van der Waals surface area (Å²) < 4.78 is 2.32. The molecule has 1 aliphatic heterocycles. The average molecular weight is 138 g/mol. The highest BCUT2D eigenvalue weighted by molar-refractivity contribution is 4.90. The number of rotatable bonds is 0. The van der Waals surface area contributed by atoms with Crippen LogP contribution in [0.15, 0.2) is 6.20 Å². The molecular weight excluding hydrogens is 126 g/mol. The van der Waals surface area contributed by atoms with E-state index in [9.17, 15) is 0 Å². The molecule has 0 bridgehead atoms. The molecule has 10 heavy (non-hydrogen) atoms. The summed E-state index contributed by atoms with van der Waals surface area (Å²) in [5, 5.41) is 3.31. The van der Waals surface area contributed by atoms with Gasteiger partial charge in [0, 0.05) is 13.5 Å². The Labute approximate surface area is 60.1 Å². The van der Waals surface area contributed by atoms with Crippen LogP contribution in [0.25, 0.3) is 0 Å².